The number of rotatable bonds is 6. The smallest absolute Gasteiger partial charge is 0.0721 e. The summed E-state index contributed by atoms with van der Waals surface area (Å²) >= 11 is 0. The van der Waals surface area contributed by atoms with E-state index in [4.69, 9.17) is 9.47 Å². The molecule has 0 aliphatic carbocycles. The maximum Gasteiger partial charge on any atom is 0.0721 e. The third kappa shape index (κ3) is 3.64. The minimum absolute atomic E-state index is 0.354. The molecule has 0 saturated carbocycles. The summed E-state index contributed by atoms with van der Waals surface area (Å²) in [6.45, 7) is 5.48. The van der Waals surface area contributed by atoms with Gasteiger partial charge in [-0.05, 0) is 30.5 Å². The quantitative estimate of drug-likeness (QED) is 0.868. The zero-order valence-electron chi connectivity index (χ0n) is 12.9. The van der Waals surface area contributed by atoms with Crippen LogP contribution in [-0.2, 0) is 16.1 Å². The molecule has 1 aromatic rings. The Morgan fingerprint density at radius 2 is 2.29 bits per heavy atom. The lowest BCUT2D eigenvalue weighted by Gasteiger charge is -2.37. The molecule has 0 aromatic heterocycles. The van der Waals surface area contributed by atoms with Gasteiger partial charge in [-0.3, -0.25) is 4.90 Å². The van der Waals surface area contributed by atoms with E-state index in [2.05, 4.69) is 34.5 Å². The zero-order valence-corrected chi connectivity index (χ0v) is 12.9. The molecule has 0 amide bonds. The summed E-state index contributed by atoms with van der Waals surface area (Å²) in [5.74, 6) is 0. The molecule has 1 aromatic carbocycles. The topological polar surface area (TPSA) is 33.7 Å². The van der Waals surface area contributed by atoms with Crippen LogP contribution in [0.5, 0.6) is 0 Å². The second kappa shape index (κ2) is 7.36. The normalized spacial score (nSPS) is 25.2. The van der Waals surface area contributed by atoms with Crippen molar-refractivity contribution in [1.29, 1.82) is 0 Å². The fourth-order valence-corrected chi connectivity index (χ4v) is 3.44. The number of ether oxygens (including phenoxy) is 2. The second-order valence-corrected chi connectivity index (χ2v) is 6.01. The summed E-state index contributed by atoms with van der Waals surface area (Å²) in [4.78, 5) is 2.53. The Kier molecular flexibility index (Phi) is 5.25. The highest BCUT2D eigenvalue weighted by molar-refractivity contribution is 5.31. The van der Waals surface area contributed by atoms with Gasteiger partial charge in [0.2, 0.25) is 0 Å². The molecule has 2 aliphatic heterocycles. The van der Waals surface area contributed by atoms with E-state index >= 15 is 0 Å². The molecular formula is C17H26N2O2. The molecule has 0 bridgehead atoms. The van der Waals surface area contributed by atoms with Gasteiger partial charge in [-0.15, -0.1) is 0 Å². The van der Waals surface area contributed by atoms with Crippen LogP contribution in [0.2, 0.25) is 0 Å². The van der Waals surface area contributed by atoms with Crippen molar-refractivity contribution < 1.29 is 9.47 Å². The zero-order chi connectivity index (χ0) is 14.5. The largest absolute Gasteiger partial charge is 0.383 e. The average Bonchev–Trinajstić information content (AvgIpc) is 3.04. The van der Waals surface area contributed by atoms with Gasteiger partial charge in [0.15, 0.2) is 0 Å². The van der Waals surface area contributed by atoms with Crippen LogP contribution in [0, 0.1) is 0 Å². The van der Waals surface area contributed by atoms with E-state index in [0.29, 0.717) is 12.1 Å². The van der Waals surface area contributed by atoms with E-state index in [9.17, 15) is 0 Å². The van der Waals surface area contributed by atoms with Crippen LogP contribution in [0.25, 0.3) is 0 Å². The Hall–Kier alpha value is -0.940. The van der Waals surface area contributed by atoms with E-state index < -0.39 is 0 Å². The molecule has 2 aliphatic rings. The summed E-state index contributed by atoms with van der Waals surface area (Å²) in [6, 6.07) is 9.64. The van der Waals surface area contributed by atoms with Crippen molar-refractivity contribution >= 4 is 0 Å². The van der Waals surface area contributed by atoms with E-state index in [1.165, 1.54) is 24.0 Å². The monoisotopic (exact) mass is 290 g/mol. The third-order valence-electron chi connectivity index (χ3n) is 4.59. The van der Waals surface area contributed by atoms with Gasteiger partial charge in [0.1, 0.15) is 0 Å². The van der Waals surface area contributed by atoms with Crippen molar-refractivity contribution in [2.24, 2.45) is 0 Å². The molecule has 3 rings (SSSR count). The molecule has 0 spiro atoms. The number of benzene rings is 1. The van der Waals surface area contributed by atoms with E-state index in [-0.39, 0.29) is 0 Å². The standard InChI is InChI=1S/C17H26N2O2/c1-20-10-9-19(11-15-6-4-8-18-15)17-13-21-12-14-5-2-3-7-16(14)17/h2-3,5,7,15,17-18H,4,6,8-13H2,1H3. The highest BCUT2D eigenvalue weighted by Gasteiger charge is 2.28. The van der Waals surface area contributed by atoms with Gasteiger partial charge in [0.25, 0.3) is 0 Å². The lowest BCUT2D eigenvalue weighted by atomic mass is 9.97. The number of hydrogen-bond donors (Lipinski definition) is 1. The van der Waals surface area contributed by atoms with Crippen LogP contribution in [0.3, 0.4) is 0 Å². The molecule has 1 N–H and O–H groups in total. The molecule has 2 atom stereocenters. The van der Waals surface area contributed by atoms with Crippen molar-refractivity contribution in [2.75, 3.05) is 40.0 Å². The second-order valence-electron chi connectivity index (χ2n) is 6.01. The van der Waals surface area contributed by atoms with Gasteiger partial charge in [-0.2, -0.15) is 0 Å². The van der Waals surface area contributed by atoms with Crippen molar-refractivity contribution in [3.8, 4) is 0 Å². The van der Waals surface area contributed by atoms with Crippen LogP contribution < -0.4 is 5.32 Å². The SMILES string of the molecule is COCCN(CC1CCCN1)C1COCc2ccccc21. The van der Waals surface area contributed by atoms with Crippen LogP contribution in [-0.4, -0.2) is 50.9 Å². The van der Waals surface area contributed by atoms with Gasteiger partial charge >= 0.3 is 0 Å². The Labute approximate surface area is 127 Å². The molecular weight excluding hydrogens is 264 g/mol. The van der Waals surface area contributed by atoms with E-state index in [1.807, 2.05) is 0 Å². The number of nitrogens with one attached hydrogen (secondary N) is 1. The maximum absolute atomic E-state index is 5.83. The minimum atomic E-state index is 0.354. The van der Waals surface area contributed by atoms with Crippen LogP contribution in [0.4, 0.5) is 0 Å². The molecule has 4 heteroatoms. The maximum atomic E-state index is 5.83. The summed E-state index contributed by atoms with van der Waals surface area (Å²) in [5, 5.41) is 3.60. The highest BCUT2D eigenvalue weighted by atomic mass is 16.5. The Balaban J connectivity index is 1.75. The van der Waals surface area contributed by atoms with Crippen molar-refractivity contribution in [2.45, 2.75) is 31.5 Å². The van der Waals surface area contributed by atoms with Gasteiger partial charge < -0.3 is 14.8 Å². The number of hydrogen-bond acceptors (Lipinski definition) is 4. The lowest BCUT2D eigenvalue weighted by molar-refractivity contribution is 0.0190. The first-order chi connectivity index (χ1) is 10.4. The number of fused-ring (bicyclic) bond motifs is 1. The predicted octanol–water partition coefficient (Wildman–Crippen LogP) is 1.96. The molecule has 4 nitrogen and oxygen atoms in total. The Bertz CT molecular complexity index is 446. The van der Waals surface area contributed by atoms with Gasteiger partial charge in [0, 0.05) is 26.2 Å². The fourth-order valence-electron chi connectivity index (χ4n) is 3.44. The summed E-state index contributed by atoms with van der Waals surface area (Å²) in [5.41, 5.74) is 2.76. The molecule has 2 heterocycles. The summed E-state index contributed by atoms with van der Waals surface area (Å²) in [7, 11) is 1.78. The third-order valence-corrected chi connectivity index (χ3v) is 4.59. The van der Waals surface area contributed by atoms with Crippen molar-refractivity contribution in [3.05, 3.63) is 35.4 Å². The molecule has 21 heavy (non-hydrogen) atoms. The van der Waals surface area contributed by atoms with E-state index in [1.54, 1.807) is 7.11 Å². The average molecular weight is 290 g/mol. The molecule has 0 radical (unpaired) electrons. The van der Waals surface area contributed by atoms with E-state index in [0.717, 1.165) is 39.5 Å². The Morgan fingerprint density at radius 3 is 3.10 bits per heavy atom. The predicted molar refractivity (Wildman–Crippen MR) is 83.3 cm³/mol. The van der Waals surface area contributed by atoms with Gasteiger partial charge in [-0.1, -0.05) is 24.3 Å². The fraction of sp³-hybridized carbons (Fsp3) is 0.647. The molecule has 2 unspecified atom stereocenters. The Morgan fingerprint density at radius 1 is 1.38 bits per heavy atom. The van der Waals surface area contributed by atoms with Gasteiger partial charge in [0.05, 0.1) is 25.9 Å². The number of nitrogens with zero attached hydrogens (tertiary/aromatic N) is 1. The first kappa shape index (κ1) is 15.0. The van der Waals surface area contributed by atoms with Crippen LogP contribution >= 0.6 is 0 Å². The van der Waals surface area contributed by atoms with Crippen LogP contribution in [0.1, 0.15) is 30.0 Å². The summed E-state index contributed by atoms with van der Waals surface area (Å²) in [6.07, 6.45) is 2.57. The molecule has 116 valence electrons. The summed E-state index contributed by atoms with van der Waals surface area (Å²) < 4.78 is 11.1. The molecule has 1 saturated heterocycles. The highest BCUT2D eigenvalue weighted by Crippen LogP contribution is 2.30. The first-order valence-electron chi connectivity index (χ1n) is 8.00. The first-order valence-corrected chi connectivity index (χ1v) is 8.00. The lowest BCUT2D eigenvalue weighted by Crippen LogP contribution is -2.43. The number of methoxy groups -OCH3 is 1. The van der Waals surface area contributed by atoms with Crippen LogP contribution in [0.15, 0.2) is 24.3 Å². The van der Waals surface area contributed by atoms with Gasteiger partial charge in [-0.25, -0.2) is 0 Å². The van der Waals surface area contributed by atoms with Crippen molar-refractivity contribution in [3.63, 3.8) is 0 Å². The minimum Gasteiger partial charge on any atom is -0.383 e. The van der Waals surface area contributed by atoms with Crippen molar-refractivity contribution in [1.82, 2.24) is 10.2 Å². The molecule has 1 fully saturated rings.